The molecule has 0 aliphatic carbocycles. The average molecular weight is 289 g/mol. The van der Waals surface area contributed by atoms with Crippen LogP contribution in [0.15, 0.2) is 18.5 Å². The highest BCUT2D eigenvalue weighted by Crippen LogP contribution is 2.08. The van der Waals surface area contributed by atoms with Crippen molar-refractivity contribution in [2.45, 2.75) is 13.8 Å². The van der Waals surface area contributed by atoms with Crippen LogP contribution in [0.4, 0.5) is 0 Å². The minimum atomic E-state index is -0.0513. The molecule has 2 N–H and O–H groups in total. The molecule has 0 spiro atoms. The zero-order chi connectivity index (χ0) is 15.7. The number of hydrogen-bond acceptors (Lipinski definition) is 4. The number of ether oxygens (including phenoxy) is 1. The third-order valence-corrected chi connectivity index (χ3v) is 2.76. The molecule has 0 bridgehead atoms. The minimum Gasteiger partial charge on any atom is -0.383 e. The number of methoxy groups -OCH3 is 1. The fourth-order valence-electron chi connectivity index (χ4n) is 1.88. The Hall–Kier alpha value is -1.90. The van der Waals surface area contributed by atoms with Crippen LogP contribution in [0.2, 0.25) is 0 Å². The first-order valence-corrected chi connectivity index (χ1v) is 7.00. The summed E-state index contributed by atoms with van der Waals surface area (Å²) in [5.41, 5.74) is 6.58. The van der Waals surface area contributed by atoms with Crippen LogP contribution in [0, 0.1) is 17.8 Å². The molecule has 114 valence electrons. The summed E-state index contributed by atoms with van der Waals surface area (Å²) in [6.07, 6.45) is 3.19. The highest BCUT2D eigenvalue weighted by molar-refractivity contribution is 5.94. The van der Waals surface area contributed by atoms with E-state index < -0.39 is 0 Å². The molecule has 1 amide bonds. The molecule has 0 fully saturated rings. The third kappa shape index (κ3) is 5.94. The van der Waals surface area contributed by atoms with Gasteiger partial charge in [0.2, 0.25) is 0 Å². The van der Waals surface area contributed by atoms with Crippen molar-refractivity contribution in [2.24, 2.45) is 11.7 Å². The maximum atomic E-state index is 12.6. The normalized spacial score (nSPS) is 10.1. The Bertz CT molecular complexity index is 518. The molecule has 0 aliphatic heterocycles. The van der Waals surface area contributed by atoms with E-state index in [1.165, 1.54) is 0 Å². The highest BCUT2D eigenvalue weighted by atomic mass is 16.5. The topological polar surface area (TPSA) is 68.5 Å². The Morgan fingerprint density at radius 3 is 2.86 bits per heavy atom. The van der Waals surface area contributed by atoms with Gasteiger partial charge in [-0.05, 0) is 12.0 Å². The molecule has 0 radical (unpaired) electrons. The maximum absolute atomic E-state index is 12.6. The van der Waals surface area contributed by atoms with Crippen LogP contribution in [0.25, 0.3) is 0 Å². The van der Waals surface area contributed by atoms with Crippen molar-refractivity contribution in [3.8, 4) is 11.8 Å². The fraction of sp³-hybridized carbons (Fsp3) is 0.500. The monoisotopic (exact) mass is 289 g/mol. The molecule has 0 saturated carbocycles. The average Bonchev–Trinajstić information content (AvgIpc) is 2.48. The third-order valence-electron chi connectivity index (χ3n) is 2.76. The minimum absolute atomic E-state index is 0.0513. The van der Waals surface area contributed by atoms with E-state index in [-0.39, 0.29) is 12.5 Å². The number of nitrogens with zero attached hydrogens (tertiary/aromatic N) is 2. The van der Waals surface area contributed by atoms with E-state index in [0.717, 1.165) is 0 Å². The first kappa shape index (κ1) is 17.2. The first-order valence-electron chi connectivity index (χ1n) is 7.00. The predicted octanol–water partition coefficient (Wildman–Crippen LogP) is 1.14. The number of nitrogens with two attached hydrogens (primary N) is 1. The van der Waals surface area contributed by atoms with Gasteiger partial charge >= 0.3 is 0 Å². The SMILES string of the molecule is COCCN(CC(C)C)C(=O)c1cncc(C#CCN)c1. The molecule has 5 nitrogen and oxygen atoms in total. The van der Waals surface area contributed by atoms with Crippen LogP contribution in [0.1, 0.15) is 29.8 Å². The van der Waals surface area contributed by atoms with Crippen molar-refractivity contribution in [2.75, 3.05) is 33.4 Å². The van der Waals surface area contributed by atoms with Gasteiger partial charge in [0, 0.05) is 38.2 Å². The lowest BCUT2D eigenvalue weighted by Crippen LogP contribution is -2.36. The number of aromatic nitrogens is 1. The Balaban J connectivity index is 2.91. The maximum Gasteiger partial charge on any atom is 0.255 e. The van der Waals surface area contributed by atoms with Crippen molar-refractivity contribution in [3.63, 3.8) is 0 Å². The molecular weight excluding hydrogens is 266 g/mol. The van der Waals surface area contributed by atoms with Crippen LogP contribution >= 0.6 is 0 Å². The summed E-state index contributed by atoms with van der Waals surface area (Å²) >= 11 is 0. The molecule has 1 aromatic rings. The summed E-state index contributed by atoms with van der Waals surface area (Å²) in [5.74, 6) is 5.99. The van der Waals surface area contributed by atoms with Crippen LogP contribution in [-0.2, 0) is 4.74 Å². The molecule has 5 heteroatoms. The Kier molecular flexibility index (Phi) is 7.44. The number of carbonyl (C=O) groups is 1. The first-order chi connectivity index (χ1) is 10.1. The van der Waals surface area contributed by atoms with Crippen molar-refractivity contribution in [1.29, 1.82) is 0 Å². The summed E-state index contributed by atoms with van der Waals surface area (Å²) in [6.45, 7) is 6.19. The van der Waals surface area contributed by atoms with Crippen molar-refractivity contribution in [1.82, 2.24) is 9.88 Å². The molecule has 1 aromatic heterocycles. The summed E-state index contributed by atoms with van der Waals surface area (Å²) in [5, 5.41) is 0. The smallest absolute Gasteiger partial charge is 0.255 e. The fourth-order valence-corrected chi connectivity index (χ4v) is 1.88. The van der Waals surface area contributed by atoms with Crippen LogP contribution in [0.3, 0.4) is 0 Å². The summed E-state index contributed by atoms with van der Waals surface area (Å²) < 4.78 is 5.07. The summed E-state index contributed by atoms with van der Waals surface area (Å²) in [4.78, 5) is 18.4. The predicted molar refractivity (Wildman–Crippen MR) is 82.8 cm³/mol. The van der Waals surface area contributed by atoms with Gasteiger partial charge in [-0.25, -0.2) is 0 Å². The zero-order valence-electron chi connectivity index (χ0n) is 12.9. The summed E-state index contributed by atoms with van der Waals surface area (Å²) in [7, 11) is 1.63. The van der Waals surface area contributed by atoms with Gasteiger partial charge in [-0.15, -0.1) is 0 Å². The van der Waals surface area contributed by atoms with Crippen molar-refractivity contribution < 1.29 is 9.53 Å². The van der Waals surface area contributed by atoms with E-state index in [1.54, 1.807) is 30.5 Å². The van der Waals surface area contributed by atoms with E-state index in [1.807, 2.05) is 0 Å². The Labute approximate surface area is 126 Å². The second-order valence-electron chi connectivity index (χ2n) is 5.11. The second kappa shape index (κ2) is 9.11. The van der Waals surface area contributed by atoms with Gasteiger partial charge in [0.25, 0.3) is 5.91 Å². The largest absolute Gasteiger partial charge is 0.383 e. The molecule has 21 heavy (non-hydrogen) atoms. The zero-order valence-corrected chi connectivity index (χ0v) is 12.9. The lowest BCUT2D eigenvalue weighted by Gasteiger charge is -2.24. The van der Waals surface area contributed by atoms with Crippen molar-refractivity contribution in [3.05, 3.63) is 29.6 Å². The van der Waals surface area contributed by atoms with Gasteiger partial charge in [0.1, 0.15) is 0 Å². The van der Waals surface area contributed by atoms with Crippen LogP contribution in [0.5, 0.6) is 0 Å². The molecular formula is C16H23N3O2. The van der Waals surface area contributed by atoms with Crippen LogP contribution < -0.4 is 5.73 Å². The number of amides is 1. The molecule has 0 aromatic carbocycles. The Morgan fingerprint density at radius 1 is 1.48 bits per heavy atom. The quantitative estimate of drug-likeness (QED) is 0.797. The van der Waals surface area contributed by atoms with Gasteiger partial charge in [0.15, 0.2) is 0 Å². The van der Waals surface area contributed by atoms with E-state index in [4.69, 9.17) is 10.5 Å². The molecule has 1 heterocycles. The molecule has 0 aliphatic rings. The van der Waals surface area contributed by atoms with E-state index in [2.05, 4.69) is 30.7 Å². The van der Waals surface area contributed by atoms with Gasteiger partial charge in [-0.3, -0.25) is 9.78 Å². The molecule has 1 rings (SSSR count). The van der Waals surface area contributed by atoms with E-state index in [0.29, 0.717) is 36.7 Å². The van der Waals surface area contributed by atoms with Gasteiger partial charge in [-0.2, -0.15) is 0 Å². The van der Waals surface area contributed by atoms with Gasteiger partial charge in [0.05, 0.1) is 18.7 Å². The number of pyridine rings is 1. The second-order valence-corrected chi connectivity index (χ2v) is 5.11. The number of rotatable bonds is 6. The highest BCUT2D eigenvalue weighted by Gasteiger charge is 2.17. The standard InChI is InChI=1S/C16H23N3O2/c1-13(2)12-19(7-8-21-3)16(20)15-9-14(5-4-6-17)10-18-11-15/h9-11,13H,6-8,12,17H2,1-3H3. The van der Waals surface area contributed by atoms with Crippen molar-refractivity contribution >= 4 is 5.91 Å². The molecule has 0 atom stereocenters. The lowest BCUT2D eigenvalue weighted by atomic mass is 10.1. The number of hydrogen-bond donors (Lipinski definition) is 1. The lowest BCUT2D eigenvalue weighted by molar-refractivity contribution is 0.0672. The molecule has 0 unspecified atom stereocenters. The van der Waals surface area contributed by atoms with Gasteiger partial charge < -0.3 is 15.4 Å². The van der Waals surface area contributed by atoms with Gasteiger partial charge in [-0.1, -0.05) is 25.7 Å². The summed E-state index contributed by atoms with van der Waals surface area (Å²) in [6, 6.07) is 1.75. The van der Waals surface area contributed by atoms with E-state index >= 15 is 0 Å². The molecule has 0 saturated heterocycles. The van der Waals surface area contributed by atoms with E-state index in [9.17, 15) is 4.79 Å². The Morgan fingerprint density at radius 2 is 2.24 bits per heavy atom. The van der Waals surface area contributed by atoms with Crippen LogP contribution in [-0.4, -0.2) is 49.1 Å². The number of carbonyl (C=O) groups excluding carboxylic acids is 1.